The molecule has 2 heterocycles. The summed E-state index contributed by atoms with van der Waals surface area (Å²) in [5, 5.41) is 5.74. The van der Waals surface area contributed by atoms with Crippen LogP contribution in [0.5, 0.6) is 0 Å². The van der Waals surface area contributed by atoms with Gasteiger partial charge in [0.15, 0.2) is 0 Å². The highest BCUT2D eigenvalue weighted by Crippen LogP contribution is 2.16. The number of para-hydroxylation sites is 1. The number of fused-ring (bicyclic) bond motifs is 1. The van der Waals surface area contributed by atoms with E-state index < -0.39 is 0 Å². The van der Waals surface area contributed by atoms with Gasteiger partial charge in [-0.1, -0.05) is 38.0 Å². The molecule has 3 aromatic rings. The zero-order chi connectivity index (χ0) is 13.8. The Morgan fingerprint density at radius 2 is 1.95 bits per heavy atom. The Morgan fingerprint density at radius 1 is 1.10 bits per heavy atom. The fraction of sp³-hybridized carbons (Fsp3) is 0.294. The molecule has 0 aliphatic rings. The number of nitrogens with zero attached hydrogens (tertiary/aromatic N) is 3. The Balaban J connectivity index is 1.88. The topological polar surface area (TPSA) is 30.7 Å². The first-order chi connectivity index (χ1) is 9.86. The maximum Gasteiger partial charge on any atom is 0.0961 e. The van der Waals surface area contributed by atoms with Crippen molar-refractivity contribution in [1.29, 1.82) is 0 Å². The average molecular weight is 265 g/mol. The van der Waals surface area contributed by atoms with Crippen molar-refractivity contribution >= 4 is 10.9 Å². The first-order valence-corrected chi connectivity index (χ1v) is 7.26. The van der Waals surface area contributed by atoms with Gasteiger partial charge in [-0.15, -0.1) is 0 Å². The standard InChI is InChI=1S/C17H19N3/c1-2-3-5-8-15-11-17-14(12-18-15)13-20(19-17)16-9-6-4-7-10-16/h4,6-7,9-13H,2-3,5,8H2,1H3. The molecular weight excluding hydrogens is 246 g/mol. The Hall–Kier alpha value is -2.16. The normalized spacial score (nSPS) is 11.1. The summed E-state index contributed by atoms with van der Waals surface area (Å²) >= 11 is 0. The molecule has 102 valence electrons. The summed E-state index contributed by atoms with van der Waals surface area (Å²) in [6.07, 6.45) is 8.72. The molecular formula is C17H19N3. The molecule has 0 saturated heterocycles. The third-order valence-corrected chi connectivity index (χ3v) is 3.50. The van der Waals surface area contributed by atoms with E-state index >= 15 is 0 Å². The quantitative estimate of drug-likeness (QED) is 0.649. The fourth-order valence-electron chi connectivity index (χ4n) is 2.37. The van der Waals surface area contributed by atoms with Gasteiger partial charge in [-0.25, -0.2) is 4.68 Å². The highest BCUT2D eigenvalue weighted by Gasteiger charge is 2.04. The smallest absolute Gasteiger partial charge is 0.0961 e. The first-order valence-electron chi connectivity index (χ1n) is 7.26. The van der Waals surface area contributed by atoms with Crippen LogP contribution in [-0.4, -0.2) is 14.8 Å². The molecule has 0 aliphatic carbocycles. The van der Waals surface area contributed by atoms with E-state index in [0.29, 0.717) is 0 Å². The molecule has 0 spiro atoms. The highest BCUT2D eigenvalue weighted by atomic mass is 15.3. The molecule has 0 bridgehead atoms. The summed E-state index contributed by atoms with van der Waals surface area (Å²) < 4.78 is 1.92. The number of hydrogen-bond acceptors (Lipinski definition) is 2. The summed E-state index contributed by atoms with van der Waals surface area (Å²) in [4.78, 5) is 4.53. The lowest BCUT2D eigenvalue weighted by Gasteiger charge is -1.99. The summed E-state index contributed by atoms with van der Waals surface area (Å²) in [5.74, 6) is 0. The molecule has 0 N–H and O–H groups in total. The summed E-state index contributed by atoms with van der Waals surface area (Å²) in [5.41, 5.74) is 3.25. The van der Waals surface area contributed by atoms with Crippen LogP contribution < -0.4 is 0 Å². The monoisotopic (exact) mass is 265 g/mol. The van der Waals surface area contributed by atoms with Crippen LogP contribution in [0, 0.1) is 0 Å². The number of benzene rings is 1. The van der Waals surface area contributed by atoms with Crippen molar-refractivity contribution in [3.63, 3.8) is 0 Å². The van der Waals surface area contributed by atoms with Gasteiger partial charge in [0.1, 0.15) is 0 Å². The van der Waals surface area contributed by atoms with Crippen LogP contribution in [0.1, 0.15) is 31.9 Å². The fourth-order valence-corrected chi connectivity index (χ4v) is 2.37. The number of unbranched alkanes of at least 4 members (excludes halogenated alkanes) is 2. The molecule has 0 radical (unpaired) electrons. The molecule has 0 aliphatic heterocycles. The predicted octanol–water partition coefficient (Wildman–Crippen LogP) is 4.15. The van der Waals surface area contributed by atoms with E-state index in [0.717, 1.165) is 28.7 Å². The minimum Gasteiger partial charge on any atom is -0.260 e. The van der Waals surface area contributed by atoms with Gasteiger partial charge in [-0.3, -0.25) is 4.98 Å². The first kappa shape index (κ1) is 12.9. The maximum atomic E-state index is 4.65. The number of aryl methyl sites for hydroxylation is 1. The maximum absolute atomic E-state index is 4.65. The van der Waals surface area contributed by atoms with Gasteiger partial charge < -0.3 is 0 Å². The lowest BCUT2D eigenvalue weighted by molar-refractivity contribution is 0.708. The minimum absolute atomic E-state index is 1.02. The summed E-state index contributed by atoms with van der Waals surface area (Å²) in [6, 6.07) is 12.3. The van der Waals surface area contributed by atoms with Crippen LogP contribution in [0.4, 0.5) is 0 Å². The van der Waals surface area contributed by atoms with E-state index in [4.69, 9.17) is 0 Å². The van der Waals surface area contributed by atoms with Crippen LogP contribution in [0.3, 0.4) is 0 Å². The van der Waals surface area contributed by atoms with Crippen LogP contribution in [0.25, 0.3) is 16.6 Å². The molecule has 0 atom stereocenters. The Bertz CT molecular complexity index is 686. The lowest BCUT2D eigenvalue weighted by atomic mass is 10.1. The van der Waals surface area contributed by atoms with Gasteiger partial charge in [0, 0.05) is 23.5 Å². The molecule has 3 rings (SSSR count). The third-order valence-electron chi connectivity index (χ3n) is 3.50. The highest BCUT2D eigenvalue weighted by molar-refractivity contribution is 5.77. The molecule has 3 heteroatoms. The van der Waals surface area contributed by atoms with E-state index in [1.165, 1.54) is 19.3 Å². The van der Waals surface area contributed by atoms with Gasteiger partial charge in [0.2, 0.25) is 0 Å². The van der Waals surface area contributed by atoms with Crippen molar-refractivity contribution < 1.29 is 0 Å². The molecule has 0 fully saturated rings. The van der Waals surface area contributed by atoms with Crippen LogP contribution in [0.2, 0.25) is 0 Å². The average Bonchev–Trinajstić information content (AvgIpc) is 2.92. The van der Waals surface area contributed by atoms with E-state index in [2.05, 4.69) is 35.2 Å². The van der Waals surface area contributed by atoms with E-state index in [9.17, 15) is 0 Å². The number of pyridine rings is 1. The molecule has 1 aromatic carbocycles. The molecule has 20 heavy (non-hydrogen) atoms. The van der Waals surface area contributed by atoms with Gasteiger partial charge >= 0.3 is 0 Å². The van der Waals surface area contributed by atoms with Crippen molar-refractivity contribution in [1.82, 2.24) is 14.8 Å². The molecule has 3 nitrogen and oxygen atoms in total. The van der Waals surface area contributed by atoms with E-state index in [-0.39, 0.29) is 0 Å². The minimum atomic E-state index is 1.02. The van der Waals surface area contributed by atoms with Crippen molar-refractivity contribution in [3.8, 4) is 5.69 Å². The molecule has 0 amide bonds. The second-order valence-electron chi connectivity index (χ2n) is 5.10. The van der Waals surface area contributed by atoms with Crippen LogP contribution in [0.15, 0.2) is 48.8 Å². The Labute approximate surface area is 119 Å². The van der Waals surface area contributed by atoms with E-state index in [1.54, 1.807) is 0 Å². The van der Waals surface area contributed by atoms with Gasteiger partial charge in [0.25, 0.3) is 0 Å². The largest absolute Gasteiger partial charge is 0.260 e. The summed E-state index contributed by atoms with van der Waals surface area (Å²) in [6.45, 7) is 2.22. The second kappa shape index (κ2) is 5.87. The van der Waals surface area contributed by atoms with Gasteiger partial charge in [-0.05, 0) is 31.0 Å². The molecule has 0 unspecified atom stereocenters. The Morgan fingerprint density at radius 3 is 2.75 bits per heavy atom. The van der Waals surface area contributed by atoms with Crippen molar-refractivity contribution in [2.45, 2.75) is 32.6 Å². The Kier molecular flexibility index (Phi) is 3.77. The molecule has 2 aromatic heterocycles. The summed E-state index contributed by atoms with van der Waals surface area (Å²) in [7, 11) is 0. The number of rotatable bonds is 5. The van der Waals surface area contributed by atoms with Crippen LogP contribution >= 0.6 is 0 Å². The van der Waals surface area contributed by atoms with Crippen molar-refractivity contribution in [3.05, 3.63) is 54.5 Å². The SMILES string of the molecule is CCCCCc1cc2nn(-c3ccccc3)cc2cn1. The zero-order valence-corrected chi connectivity index (χ0v) is 11.8. The number of hydrogen-bond donors (Lipinski definition) is 0. The third kappa shape index (κ3) is 2.72. The zero-order valence-electron chi connectivity index (χ0n) is 11.8. The van der Waals surface area contributed by atoms with Gasteiger partial charge in [0.05, 0.1) is 11.2 Å². The van der Waals surface area contributed by atoms with Gasteiger partial charge in [-0.2, -0.15) is 5.10 Å². The predicted molar refractivity (Wildman–Crippen MR) is 82.1 cm³/mol. The van der Waals surface area contributed by atoms with E-state index in [1.807, 2.05) is 35.3 Å². The second-order valence-corrected chi connectivity index (χ2v) is 5.10. The molecule has 0 saturated carbocycles. The number of aromatic nitrogens is 3. The van der Waals surface area contributed by atoms with Crippen LogP contribution in [-0.2, 0) is 6.42 Å². The van der Waals surface area contributed by atoms with Crippen molar-refractivity contribution in [2.24, 2.45) is 0 Å². The lowest BCUT2D eigenvalue weighted by Crippen LogP contribution is -1.93. The van der Waals surface area contributed by atoms with Crippen molar-refractivity contribution in [2.75, 3.05) is 0 Å².